The van der Waals surface area contributed by atoms with E-state index in [0.29, 0.717) is 23.6 Å². The van der Waals surface area contributed by atoms with Gasteiger partial charge in [-0.05, 0) is 66.0 Å². The van der Waals surface area contributed by atoms with Crippen LogP contribution >= 0.6 is 31.9 Å². The Morgan fingerprint density at radius 2 is 2.00 bits per heavy atom. The van der Waals surface area contributed by atoms with Gasteiger partial charge in [-0.15, -0.1) is 0 Å². The molecule has 0 heterocycles. The number of rotatable bonds is 6. The van der Waals surface area contributed by atoms with E-state index in [1.807, 2.05) is 57.2 Å². The molecule has 0 bridgehead atoms. The maximum atomic E-state index is 12.6. The highest BCUT2D eigenvalue weighted by molar-refractivity contribution is 9.11. The fourth-order valence-electron chi connectivity index (χ4n) is 2.49. The lowest BCUT2D eigenvalue weighted by Crippen LogP contribution is -2.14. The van der Waals surface area contributed by atoms with Crippen molar-refractivity contribution >= 4 is 49.5 Å². The summed E-state index contributed by atoms with van der Waals surface area (Å²) in [6, 6.07) is 11.4. The van der Waals surface area contributed by atoms with Crippen molar-refractivity contribution in [3.8, 4) is 11.8 Å². The molecule has 0 fully saturated rings. The van der Waals surface area contributed by atoms with Gasteiger partial charge in [-0.3, -0.25) is 4.79 Å². The van der Waals surface area contributed by atoms with Gasteiger partial charge in [0.15, 0.2) is 0 Å². The van der Waals surface area contributed by atoms with Gasteiger partial charge in [0.05, 0.1) is 11.1 Å². The van der Waals surface area contributed by atoms with E-state index in [4.69, 9.17) is 4.74 Å². The summed E-state index contributed by atoms with van der Waals surface area (Å²) in [6.45, 7) is 6.46. The van der Waals surface area contributed by atoms with Gasteiger partial charge < -0.3 is 10.1 Å². The van der Waals surface area contributed by atoms with Crippen LogP contribution in [0.15, 0.2) is 44.9 Å². The van der Waals surface area contributed by atoms with Crippen molar-refractivity contribution < 1.29 is 9.53 Å². The molecule has 0 saturated heterocycles. The Morgan fingerprint density at radius 3 is 2.63 bits per heavy atom. The lowest BCUT2D eigenvalue weighted by Gasteiger charge is -2.12. The molecule has 0 unspecified atom stereocenters. The molecule has 4 nitrogen and oxygen atoms in total. The van der Waals surface area contributed by atoms with Crippen molar-refractivity contribution in [3.05, 3.63) is 61.5 Å². The number of nitrogens with zero attached hydrogens (tertiary/aromatic N) is 1. The first kappa shape index (κ1) is 21.2. The smallest absolute Gasteiger partial charge is 0.266 e. The summed E-state index contributed by atoms with van der Waals surface area (Å²) >= 11 is 6.92. The Kier molecular flexibility index (Phi) is 7.64. The van der Waals surface area contributed by atoms with Gasteiger partial charge in [-0.1, -0.05) is 40.5 Å². The number of ether oxygens (including phenoxy) is 1. The van der Waals surface area contributed by atoms with Crippen LogP contribution in [0.25, 0.3) is 6.08 Å². The molecule has 0 aromatic heterocycles. The summed E-state index contributed by atoms with van der Waals surface area (Å²) < 4.78 is 7.36. The summed E-state index contributed by atoms with van der Waals surface area (Å²) in [5.41, 5.74) is 3.39. The first-order valence-electron chi connectivity index (χ1n) is 8.48. The maximum absolute atomic E-state index is 12.6. The normalized spacial score (nSPS) is 11.0. The molecule has 0 aliphatic carbocycles. The minimum Gasteiger partial charge on any atom is -0.492 e. The van der Waals surface area contributed by atoms with E-state index in [-0.39, 0.29) is 5.57 Å². The highest BCUT2D eigenvalue weighted by Gasteiger charge is 2.15. The zero-order valence-corrected chi connectivity index (χ0v) is 18.6. The number of anilines is 1. The first-order valence-corrected chi connectivity index (χ1v) is 10.1. The summed E-state index contributed by atoms with van der Waals surface area (Å²) in [4.78, 5) is 12.6. The number of halogens is 2. The second-order valence-corrected chi connectivity index (χ2v) is 7.87. The third-order valence-corrected chi connectivity index (χ3v) is 4.83. The number of benzene rings is 2. The van der Waals surface area contributed by atoms with E-state index in [2.05, 4.69) is 37.2 Å². The molecule has 140 valence electrons. The van der Waals surface area contributed by atoms with E-state index in [9.17, 15) is 10.1 Å². The summed E-state index contributed by atoms with van der Waals surface area (Å²) in [5.74, 6) is 0.147. The first-order chi connectivity index (χ1) is 12.8. The largest absolute Gasteiger partial charge is 0.492 e. The maximum Gasteiger partial charge on any atom is 0.266 e. The Balaban J connectivity index is 2.37. The van der Waals surface area contributed by atoms with Crippen LogP contribution in [0.4, 0.5) is 5.69 Å². The lowest BCUT2D eigenvalue weighted by molar-refractivity contribution is -0.112. The molecule has 2 aromatic rings. The number of carbonyl (C=O) groups excluding carboxylic acids is 1. The Hall–Kier alpha value is -2.10. The van der Waals surface area contributed by atoms with Gasteiger partial charge in [-0.25, -0.2) is 0 Å². The molecule has 27 heavy (non-hydrogen) atoms. The molecule has 6 heteroatoms. The summed E-state index contributed by atoms with van der Waals surface area (Å²) in [6.07, 6.45) is 2.39. The molecule has 0 atom stereocenters. The Morgan fingerprint density at radius 1 is 1.26 bits per heavy atom. The van der Waals surface area contributed by atoms with Gasteiger partial charge in [0, 0.05) is 15.7 Å². The number of amides is 1. The van der Waals surface area contributed by atoms with Crippen molar-refractivity contribution in [1.29, 1.82) is 5.26 Å². The fourth-order valence-corrected chi connectivity index (χ4v) is 3.86. The molecule has 2 aromatic carbocycles. The van der Waals surface area contributed by atoms with Crippen LogP contribution in [0, 0.1) is 25.2 Å². The quantitative estimate of drug-likeness (QED) is 0.388. The molecule has 1 amide bonds. The zero-order valence-electron chi connectivity index (χ0n) is 15.4. The van der Waals surface area contributed by atoms with Crippen molar-refractivity contribution in [1.82, 2.24) is 0 Å². The van der Waals surface area contributed by atoms with Crippen LogP contribution in [0.2, 0.25) is 0 Å². The molecule has 0 aliphatic heterocycles. The Labute approximate surface area is 176 Å². The van der Waals surface area contributed by atoms with Gasteiger partial charge in [0.2, 0.25) is 0 Å². The van der Waals surface area contributed by atoms with Crippen LogP contribution < -0.4 is 10.1 Å². The van der Waals surface area contributed by atoms with Crippen molar-refractivity contribution in [3.63, 3.8) is 0 Å². The average molecular weight is 492 g/mol. The predicted octanol–water partition coefficient (Wildman–Crippen LogP) is 6.16. The van der Waals surface area contributed by atoms with Crippen LogP contribution in [-0.2, 0) is 4.79 Å². The number of aryl methyl sites for hydroxylation is 2. The van der Waals surface area contributed by atoms with E-state index >= 15 is 0 Å². The standard InChI is InChI=1S/C21H20Br2N2O2/c1-4-7-27-20-15(10-17(22)11-18(20)23)9-16(12-24)21(26)25-19-6-5-13(2)8-14(19)3/h5-6,8-11H,4,7H2,1-3H3,(H,25,26)/b16-9+. The minimum atomic E-state index is -0.456. The second-order valence-electron chi connectivity index (χ2n) is 6.10. The van der Waals surface area contributed by atoms with E-state index in [0.717, 1.165) is 26.5 Å². The molecular weight excluding hydrogens is 472 g/mol. The summed E-state index contributed by atoms with van der Waals surface area (Å²) in [7, 11) is 0. The lowest BCUT2D eigenvalue weighted by atomic mass is 10.1. The van der Waals surface area contributed by atoms with Gasteiger partial charge in [0.25, 0.3) is 5.91 Å². The Bertz CT molecular complexity index is 931. The number of hydrogen-bond donors (Lipinski definition) is 1. The topological polar surface area (TPSA) is 62.1 Å². The highest BCUT2D eigenvalue weighted by Crippen LogP contribution is 2.34. The van der Waals surface area contributed by atoms with Crippen molar-refractivity contribution in [2.75, 3.05) is 11.9 Å². The molecule has 0 spiro atoms. The van der Waals surface area contributed by atoms with Crippen molar-refractivity contribution in [2.24, 2.45) is 0 Å². The van der Waals surface area contributed by atoms with E-state index < -0.39 is 5.91 Å². The van der Waals surface area contributed by atoms with Crippen LogP contribution in [0.1, 0.15) is 30.0 Å². The van der Waals surface area contributed by atoms with Gasteiger partial charge in [-0.2, -0.15) is 5.26 Å². The predicted molar refractivity (Wildman–Crippen MR) is 116 cm³/mol. The van der Waals surface area contributed by atoms with Crippen LogP contribution in [0.3, 0.4) is 0 Å². The van der Waals surface area contributed by atoms with E-state index in [1.54, 1.807) is 6.08 Å². The fraction of sp³-hybridized carbons (Fsp3) is 0.238. The number of carbonyl (C=O) groups is 1. The minimum absolute atomic E-state index is 0.00123. The third kappa shape index (κ3) is 5.69. The monoisotopic (exact) mass is 490 g/mol. The average Bonchev–Trinajstić information content (AvgIpc) is 2.61. The highest BCUT2D eigenvalue weighted by atomic mass is 79.9. The van der Waals surface area contributed by atoms with Crippen molar-refractivity contribution in [2.45, 2.75) is 27.2 Å². The molecule has 2 rings (SSSR count). The van der Waals surface area contributed by atoms with Gasteiger partial charge >= 0.3 is 0 Å². The molecule has 0 saturated carbocycles. The molecule has 0 aliphatic rings. The number of nitrogens with one attached hydrogen (secondary N) is 1. The third-order valence-electron chi connectivity index (χ3n) is 3.78. The second kappa shape index (κ2) is 9.72. The molecule has 1 N–H and O–H groups in total. The van der Waals surface area contributed by atoms with Crippen LogP contribution in [0.5, 0.6) is 5.75 Å². The number of nitriles is 1. The molecular formula is C21H20Br2N2O2. The zero-order chi connectivity index (χ0) is 20.0. The van der Waals surface area contributed by atoms with E-state index in [1.165, 1.54) is 0 Å². The number of hydrogen-bond acceptors (Lipinski definition) is 3. The van der Waals surface area contributed by atoms with Crippen LogP contribution in [-0.4, -0.2) is 12.5 Å². The van der Waals surface area contributed by atoms with Gasteiger partial charge in [0.1, 0.15) is 17.4 Å². The molecule has 0 radical (unpaired) electrons. The summed E-state index contributed by atoms with van der Waals surface area (Å²) in [5, 5.41) is 12.3. The SMILES string of the molecule is CCCOc1c(Br)cc(Br)cc1/C=C(\C#N)C(=O)Nc1ccc(C)cc1C.